The maximum Gasteiger partial charge on any atom is 0.136 e. The molecule has 7 aromatic carbocycles. The summed E-state index contributed by atoms with van der Waals surface area (Å²) in [5, 5.41) is 6.07. The number of fused-ring (bicyclic) bond motifs is 4. The van der Waals surface area contributed by atoms with E-state index in [2.05, 4.69) is 163 Å². The van der Waals surface area contributed by atoms with E-state index in [4.69, 9.17) is 4.42 Å². The Hall–Kier alpha value is -6.12. The van der Waals surface area contributed by atoms with Gasteiger partial charge in [-0.15, -0.1) is 0 Å². The van der Waals surface area contributed by atoms with Gasteiger partial charge >= 0.3 is 0 Å². The van der Waals surface area contributed by atoms with Gasteiger partial charge in [0.15, 0.2) is 0 Å². The minimum atomic E-state index is 0.835. The zero-order valence-electron chi connectivity index (χ0n) is 26.2. The fraction of sp³-hybridized carbons (Fsp3) is 0.0222. The monoisotopic (exact) mass is 603 g/mol. The Morgan fingerprint density at radius 1 is 0.511 bits per heavy atom. The number of furan rings is 1. The molecule has 1 heterocycles. The molecule has 2 nitrogen and oxygen atoms in total. The minimum Gasteiger partial charge on any atom is -0.456 e. The Kier molecular flexibility index (Phi) is 7.24. The summed E-state index contributed by atoms with van der Waals surface area (Å²) in [6.45, 7) is 6.00. The number of benzene rings is 7. The summed E-state index contributed by atoms with van der Waals surface area (Å²) >= 11 is 0. The molecular weight excluding hydrogens is 571 g/mol. The van der Waals surface area contributed by atoms with Gasteiger partial charge in [0.25, 0.3) is 0 Å². The minimum absolute atomic E-state index is 0.835. The van der Waals surface area contributed by atoms with Crippen molar-refractivity contribution in [2.45, 2.75) is 6.92 Å². The number of rotatable bonds is 7. The second kappa shape index (κ2) is 12.0. The van der Waals surface area contributed by atoms with Gasteiger partial charge in [0, 0.05) is 28.0 Å². The topological polar surface area (TPSA) is 16.4 Å². The first-order valence-electron chi connectivity index (χ1n) is 16.0. The van der Waals surface area contributed by atoms with Gasteiger partial charge in [-0.3, -0.25) is 0 Å². The summed E-state index contributed by atoms with van der Waals surface area (Å²) < 4.78 is 6.21. The van der Waals surface area contributed by atoms with Crippen LogP contribution in [0.15, 0.2) is 169 Å². The summed E-state index contributed by atoms with van der Waals surface area (Å²) in [6.07, 6.45) is 5.84. The molecule has 0 atom stereocenters. The number of anilines is 3. The summed E-state index contributed by atoms with van der Waals surface area (Å²) in [4.78, 5) is 2.34. The third-order valence-corrected chi connectivity index (χ3v) is 8.96. The van der Waals surface area contributed by atoms with E-state index in [1.54, 1.807) is 0 Å². The Balaban J connectivity index is 1.21. The molecule has 0 saturated carbocycles. The van der Waals surface area contributed by atoms with E-state index < -0.39 is 0 Å². The lowest BCUT2D eigenvalue weighted by Gasteiger charge is -2.26. The highest BCUT2D eigenvalue weighted by molar-refractivity contribution is 6.08. The molecule has 47 heavy (non-hydrogen) atoms. The van der Waals surface area contributed by atoms with Crippen molar-refractivity contribution in [3.63, 3.8) is 0 Å². The van der Waals surface area contributed by atoms with Crippen LogP contribution in [-0.2, 0) is 0 Å². The van der Waals surface area contributed by atoms with Crippen LogP contribution in [0.1, 0.15) is 18.2 Å². The molecule has 224 valence electrons. The third kappa shape index (κ3) is 5.20. The molecule has 1 aromatic heterocycles. The Morgan fingerprint density at radius 3 is 1.81 bits per heavy atom. The van der Waals surface area contributed by atoms with Crippen LogP contribution in [0.5, 0.6) is 0 Å². The lowest BCUT2D eigenvalue weighted by Crippen LogP contribution is -2.09. The van der Waals surface area contributed by atoms with Crippen LogP contribution in [0.3, 0.4) is 0 Å². The normalized spacial score (nSPS) is 11.5. The van der Waals surface area contributed by atoms with Crippen LogP contribution in [0, 0.1) is 0 Å². The maximum atomic E-state index is 6.21. The van der Waals surface area contributed by atoms with Crippen LogP contribution in [-0.4, -0.2) is 0 Å². The Morgan fingerprint density at radius 2 is 1.09 bits per heavy atom. The van der Waals surface area contributed by atoms with Crippen LogP contribution in [0.25, 0.3) is 66.9 Å². The van der Waals surface area contributed by atoms with Crippen molar-refractivity contribution in [3.05, 3.63) is 176 Å². The first kappa shape index (κ1) is 28.4. The Bertz CT molecular complexity index is 2410. The van der Waals surface area contributed by atoms with E-state index in [0.717, 1.165) is 50.5 Å². The summed E-state index contributed by atoms with van der Waals surface area (Å²) in [5.41, 5.74) is 9.82. The van der Waals surface area contributed by atoms with Crippen LogP contribution in [0.4, 0.5) is 17.1 Å². The molecule has 0 amide bonds. The molecule has 8 rings (SSSR count). The highest BCUT2D eigenvalue weighted by Gasteiger charge is 2.16. The van der Waals surface area contributed by atoms with E-state index in [1.807, 2.05) is 25.2 Å². The summed E-state index contributed by atoms with van der Waals surface area (Å²) in [6, 6.07) is 54.4. The molecular formula is C45H33NO. The van der Waals surface area contributed by atoms with E-state index >= 15 is 0 Å². The molecule has 0 radical (unpaired) electrons. The molecule has 8 aromatic rings. The smallest absolute Gasteiger partial charge is 0.136 e. The van der Waals surface area contributed by atoms with E-state index in [0.29, 0.717) is 0 Å². The van der Waals surface area contributed by atoms with Crippen molar-refractivity contribution >= 4 is 61.7 Å². The molecule has 0 N–H and O–H groups in total. The fourth-order valence-electron chi connectivity index (χ4n) is 6.62. The average Bonchev–Trinajstić information content (AvgIpc) is 3.49. The molecule has 2 heteroatoms. The summed E-state index contributed by atoms with van der Waals surface area (Å²) in [7, 11) is 0. The van der Waals surface area contributed by atoms with Gasteiger partial charge in [-0.05, 0) is 105 Å². The maximum absolute atomic E-state index is 6.21. The highest BCUT2D eigenvalue weighted by atomic mass is 16.3. The van der Waals surface area contributed by atoms with Crippen LogP contribution >= 0.6 is 0 Å². The molecule has 0 bridgehead atoms. The zero-order chi connectivity index (χ0) is 31.7. The van der Waals surface area contributed by atoms with Crippen molar-refractivity contribution in [2.24, 2.45) is 0 Å². The first-order valence-corrected chi connectivity index (χ1v) is 16.0. The number of hydrogen-bond acceptors (Lipinski definition) is 2. The number of hydrogen-bond donors (Lipinski definition) is 0. The first-order chi connectivity index (χ1) is 23.2. The van der Waals surface area contributed by atoms with Crippen LogP contribution in [0.2, 0.25) is 0 Å². The quantitative estimate of drug-likeness (QED) is 0.169. The van der Waals surface area contributed by atoms with Gasteiger partial charge in [-0.2, -0.15) is 0 Å². The average molecular weight is 604 g/mol. The number of nitrogens with zero attached hydrogens (tertiary/aromatic N) is 1. The van der Waals surface area contributed by atoms with Gasteiger partial charge in [-0.25, -0.2) is 0 Å². The van der Waals surface area contributed by atoms with Crippen molar-refractivity contribution in [2.75, 3.05) is 4.90 Å². The molecule has 0 unspecified atom stereocenters. The van der Waals surface area contributed by atoms with Crippen molar-refractivity contribution < 1.29 is 4.42 Å². The highest BCUT2D eigenvalue weighted by Crippen LogP contribution is 2.39. The van der Waals surface area contributed by atoms with Crippen molar-refractivity contribution in [1.82, 2.24) is 0 Å². The van der Waals surface area contributed by atoms with Gasteiger partial charge < -0.3 is 9.32 Å². The van der Waals surface area contributed by atoms with E-state index in [1.165, 1.54) is 32.7 Å². The second-order valence-corrected chi connectivity index (χ2v) is 11.8. The van der Waals surface area contributed by atoms with Crippen LogP contribution < -0.4 is 4.90 Å². The standard InChI is InChI=1S/C45H33NO/c1-3-10-44-40(4-2)43-27-21-35(30-45(43)47-44)33-19-24-38(25-20-33)46(37-22-17-32(18-23-37)31-11-6-5-7-12-31)39-26-28-42-36(29-39)16-15-34-13-8-9-14-41(34)42/h3-30H,2H2,1H3/b10-3-. The number of allylic oxidation sites excluding steroid dienone is 1. The second-order valence-electron chi connectivity index (χ2n) is 11.8. The lowest BCUT2D eigenvalue weighted by molar-refractivity contribution is 0.603. The molecule has 0 aliphatic rings. The molecule has 0 fully saturated rings. The molecule has 0 saturated heterocycles. The van der Waals surface area contributed by atoms with Gasteiger partial charge in [0.05, 0.1) is 0 Å². The predicted molar refractivity (Wildman–Crippen MR) is 202 cm³/mol. The zero-order valence-corrected chi connectivity index (χ0v) is 26.2. The summed E-state index contributed by atoms with van der Waals surface area (Å²) in [5.74, 6) is 0.835. The van der Waals surface area contributed by atoms with E-state index in [9.17, 15) is 0 Å². The van der Waals surface area contributed by atoms with Gasteiger partial charge in [-0.1, -0.05) is 122 Å². The van der Waals surface area contributed by atoms with E-state index in [-0.39, 0.29) is 0 Å². The SMILES string of the molecule is C=Cc1c(/C=C\C)oc2cc(-c3ccc(N(c4ccc(-c5ccccc5)cc4)c4ccc5c(ccc6ccccc65)c4)cc3)ccc12. The predicted octanol–water partition coefficient (Wildman–Crippen LogP) is 13.2. The third-order valence-electron chi connectivity index (χ3n) is 8.96. The van der Waals surface area contributed by atoms with Gasteiger partial charge in [0.2, 0.25) is 0 Å². The Labute approximate surface area is 275 Å². The fourth-order valence-corrected chi connectivity index (χ4v) is 6.62. The largest absolute Gasteiger partial charge is 0.456 e. The van der Waals surface area contributed by atoms with Crippen molar-refractivity contribution in [1.29, 1.82) is 0 Å². The van der Waals surface area contributed by atoms with Crippen molar-refractivity contribution in [3.8, 4) is 22.3 Å². The molecule has 0 aliphatic carbocycles. The molecule has 0 aliphatic heterocycles. The van der Waals surface area contributed by atoms with Gasteiger partial charge in [0.1, 0.15) is 11.3 Å². The molecule has 0 spiro atoms. The lowest BCUT2D eigenvalue weighted by atomic mass is 10.00.